The van der Waals surface area contributed by atoms with E-state index in [0.29, 0.717) is 51.3 Å². The van der Waals surface area contributed by atoms with Gasteiger partial charge in [0.2, 0.25) is 0 Å². The molecule has 0 fully saturated rings. The summed E-state index contributed by atoms with van der Waals surface area (Å²) in [5, 5.41) is 10.1. The minimum absolute atomic E-state index is 0.199. The summed E-state index contributed by atoms with van der Waals surface area (Å²) in [5.74, 6) is 1.61. The van der Waals surface area contributed by atoms with Gasteiger partial charge in [-0.05, 0) is 72.2 Å². The van der Waals surface area contributed by atoms with Crippen LogP contribution in [0.5, 0.6) is 23.0 Å². The van der Waals surface area contributed by atoms with Crippen LogP contribution < -0.4 is 18.9 Å². The summed E-state index contributed by atoms with van der Waals surface area (Å²) in [7, 11) is 3.09. The summed E-state index contributed by atoms with van der Waals surface area (Å²) in [5.41, 5.74) is 2.54. The summed E-state index contributed by atoms with van der Waals surface area (Å²) in [6.07, 6.45) is 1.71. The molecular formula is C26H23ClFNO4. The molecule has 0 saturated carbocycles. The third-order valence-corrected chi connectivity index (χ3v) is 5.03. The molecule has 0 unspecified atom stereocenters. The summed E-state index contributed by atoms with van der Waals surface area (Å²) in [6.45, 7) is 2.45. The molecule has 3 rings (SSSR count). The van der Waals surface area contributed by atoms with E-state index in [0.717, 1.165) is 5.56 Å². The Morgan fingerprint density at radius 3 is 2.33 bits per heavy atom. The van der Waals surface area contributed by atoms with Gasteiger partial charge in [-0.25, -0.2) is 4.39 Å². The van der Waals surface area contributed by atoms with Crippen molar-refractivity contribution >= 4 is 23.3 Å². The molecule has 3 aromatic rings. The van der Waals surface area contributed by atoms with Crippen molar-refractivity contribution in [3.8, 4) is 29.1 Å². The standard InChI is InChI=1S/C26H23ClFNO4/c1-4-32-25-13-18(11-20(15-29)19-7-10-23(30-2)24(14-19)31-3)12-22(27)26(25)33-16-17-5-8-21(28)9-6-17/h5-14H,4,16H2,1-3H3/b20-11+. The Bertz CT molecular complexity index is 1190. The number of hydrogen-bond acceptors (Lipinski definition) is 5. The van der Waals surface area contributed by atoms with Gasteiger partial charge in [0.15, 0.2) is 23.0 Å². The van der Waals surface area contributed by atoms with Gasteiger partial charge in [0.1, 0.15) is 12.4 Å². The fraction of sp³-hybridized carbons (Fsp3) is 0.192. The van der Waals surface area contributed by atoms with Gasteiger partial charge in [0.05, 0.1) is 37.5 Å². The van der Waals surface area contributed by atoms with Gasteiger partial charge in [0, 0.05) is 0 Å². The first-order valence-electron chi connectivity index (χ1n) is 10.2. The van der Waals surface area contributed by atoms with E-state index in [4.69, 9.17) is 30.5 Å². The van der Waals surface area contributed by atoms with Crippen molar-refractivity contribution in [3.63, 3.8) is 0 Å². The SMILES string of the molecule is CCOc1cc(/C=C(\C#N)c2ccc(OC)c(OC)c2)cc(Cl)c1OCc1ccc(F)cc1. The topological polar surface area (TPSA) is 60.7 Å². The van der Waals surface area contributed by atoms with E-state index in [9.17, 15) is 9.65 Å². The molecule has 0 heterocycles. The molecule has 0 spiro atoms. The van der Waals surface area contributed by atoms with E-state index in [1.165, 1.54) is 19.2 Å². The molecule has 3 aromatic carbocycles. The Hall–Kier alpha value is -3.69. The third kappa shape index (κ3) is 5.97. The van der Waals surface area contributed by atoms with E-state index in [1.54, 1.807) is 55.7 Å². The van der Waals surface area contributed by atoms with Crippen molar-refractivity contribution in [1.29, 1.82) is 5.26 Å². The highest BCUT2D eigenvalue weighted by Gasteiger charge is 2.14. The Balaban J connectivity index is 1.93. The van der Waals surface area contributed by atoms with Crippen molar-refractivity contribution in [2.75, 3.05) is 20.8 Å². The van der Waals surface area contributed by atoms with Gasteiger partial charge in [-0.2, -0.15) is 5.26 Å². The number of nitrogens with zero attached hydrogens (tertiary/aromatic N) is 1. The van der Waals surface area contributed by atoms with Gasteiger partial charge in [-0.1, -0.05) is 23.7 Å². The molecular weight excluding hydrogens is 445 g/mol. The van der Waals surface area contributed by atoms with Crippen LogP contribution in [0.15, 0.2) is 54.6 Å². The molecule has 0 aliphatic heterocycles. The minimum Gasteiger partial charge on any atom is -0.493 e. The third-order valence-electron chi connectivity index (χ3n) is 4.75. The largest absolute Gasteiger partial charge is 0.493 e. The van der Waals surface area contributed by atoms with Crippen LogP contribution >= 0.6 is 11.6 Å². The number of allylic oxidation sites excluding steroid dienone is 1. The fourth-order valence-electron chi connectivity index (χ4n) is 3.16. The lowest BCUT2D eigenvalue weighted by Gasteiger charge is -2.15. The molecule has 0 N–H and O–H groups in total. The Morgan fingerprint density at radius 2 is 1.70 bits per heavy atom. The number of benzene rings is 3. The van der Waals surface area contributed by atoms with Crippen LogP contribution in [-0.4, -0.2) is 20.8 Å². The summed E-state index contributed by atoms with van der Waals surface area (Å²) < 4.78 is 35.3. The molecule has 33 heavy (non-hydrogen) atoms. The van der Waals surface area contributed by atoms with Crippen LogP contribution in [0.3, 0.4) is 0 Å². The maximum Gasteiger partial charge on any atom is 0.180 e. The van der Waals surface area contributed by atoms with E-state index in [-0.39, 0.29) is 12.4 Å². The zero-order valence-electron chi connectivity index (χ0n) is 18.5. The van der Waals surface area contributed by atoms with Crippen LogP contribution in [0.1, 0.15) is 23.6 Å². The van der Waals surface area contributed by atoms with Crippen LogP contribution in [-0.2, 0) is 6.61 Å². The number of hydrogen-bond donors (Lipinski definition) is 0. The monoisotopic (exact) mass is 467 g/mol. The predicted octanol–water partition coefficient (Wildman–Crippen LogP) is 6.54. The zero-order valence-corrected chi connectivity index (χ0v) is 19.3. The molecule has 170 valence electrons. The van der Waals surface area contributed by atoms with Crippen molar-refractivity contribution in [3.05, 3.63) is 82.1 Å². The number of rotatable bonds is 9. The minimum atomic E-state index is -0.314. The summed E-state index contributed by atoms with van der Waals surface area (Å²) in [4.78, 5) is 0. The van der Waals surface area contributed by atoms with Gasteiger partial charge in [-0.3, -0.25) is 0 Å². The average Bonchev–Trinajstić information content (AvgIpc) is 2.82. The van der Waals surface area contributed by atoms with Crippen molar-refractivity contribution < 1.29 is 23.3 Å². The average molecular weight is 468 g/mol. The first kappa shape index (κ1) is 24.0. The number of methoxy groups -OCH3 is 2. The van der Waals surface area contributed by atoms with Crippen molar-refractivity contribution in [2.24, 2.45) is 0 Å². The maximum atomic E-state index is 13.1. The Labute approximate surface area is 197 Å². The van der Waals surface area contributed by atoms with Crippen molar-refractivity contribution in [2.45, 2.75) is 13.5 Å². The van der Waals surface area contributed by atoms with Crippen LogP contribution in [0.25, 0.3) is 11.6 Å². The van der Waals surface area contributed by atoms with E-state index in [1.807, 2.05) is 6.92 Å². The second kappa shape index (κ2) is 11.3. The fourth-order valence-corrected chi connectivity index (χ4v) is 3.43. The number of ether oxygens (including phenoxy) is 4. The molecule has 0 radical (unpaired) electrons. The van der Waals surface area contributed by atoms with Gasteiger partial charge in [-0.15, -0.1) is 0 Å². The quantitative estimate of drug-likeness (QED) is 0.264. The Kier molecular flexibility index (Phi) is 8.17. The molecule has 0 amide bonds. The Morgan fingerprint density at radius 1 is 0.970 bits per heavy atom. The number of halogens is 2. The van der Waals surface area contributed by atoms with Gasteiger partial charge < -0.3 is 18.9 Å². The van der Waals surface area contributed by atoms with E-state index in [2.05, 4.69) is 6.07 Å². The first-order chi connectivity index (χ1) is 16.0. The molecule has 0 aliphatic carbocycles. The molecule has 0 atom stereocenters. The first-order valence-corrected chi connectivity index (χ1v) is 10.5. The highest BCUT2D eigenvalue weighted by atomic mass is 35.5. The van der Waals surface area contributed by atoms with Gasteiger partial charge >= 0.3 is 0 Å². The molecule has 7 heteroatoms. The van der Waals surface area contributed by atoms with E-state index < -0.39 is 0 Å². The summed E-state index contributed by atoms with van der Waals surface area (Å²) in [6, 6.07) is 16.9. The van der Waals surface area contributed by atoms with Crippen LogP contribution in [0.2, 0.25) is 5.02 Å². The highest BCUT2D eigenvalue weighted by Crippen LogP contribution is 2.38. The molecule has 0 aliphatic rings. The molecule has 5 nitrogen and oxygen atoms in total. The van der Waals surface area contributed by atoms with Crippen LogP contribution in [0.4, 0.5) is 4.39 Å². The number of nitriles is 1. The van der Waals surface area contributed by atoms with Crippen molar-refractivity contribution in [1.82, 2.24) is 0 Å². The lowest BCUT2D eigenvalue weighted by Crippen LogP contribution is -2.01. The molecule has 0 aromatic heterocycles. The molecule has 0 bridgehead atoms. The zero-order chi connectivity index (χ0) is 23.8. The maximum absolute atomic E-state index is 13.1. The van der Waals surface area contributed by atoms with Crippen LogP contribution in [0, 0.1) is 17.1 Å². The summed E-state index contributed by atoms with van der Waals surface area (Å²) >= 11 is 6.51. The lowest BCUT2D eigenvalue weighted by molar-refractivity contribution is 0.269. The van der Waals surface area contributed by atoms with E-state index >= 15 is 0 Å². The second-order valence-corrected chi connectivity index (χ2v) is 7.32. The van der Waals surface area contributed by atoms with Gasteiger partial charge in [0.25, 0.3) is 0 Å². The highest BCUT2D eigenvalue weighted by molar-refractivity contribution is 6.32. The molecule has 0 saturated heterocycles. The normalized spacial score (nSPS) is 11.0. The lowest BCUT2D eigenvalue weighted by atomic mass is 10.0. The smallest absolute Gasteiger partial charge is 0.180 e. The second-order valence-electron chi connectivity index (χ2n) is 6.92. The predicted molar refractivity (Wildman–Crippen MR) is 126 cm³/mol.